The minimum atomic E-state index is -3.94. The summed E-state index contributed by atoms with van der Waals surface area (Å²) in [6.45, 7) is 5.32. The average Bonchev–Trinajstić information content (AvgIpc) is 2.30. The quantitative estimate of drug-likeness (QED) is 0.866. The maximum atomic E-state index is 11.9. The number of hydrogen-bond donors (Lipinski definition) is 1. The van der Waals surface area contributed by atoms with Gasteiger partial charge in [0.05, 0.1) is 4.90 Å². The highest BCUT2D eigenvalue weighted by Gasteiger charge is 2.19. The fraction of sp³-hybridized carbons (Fsp3) is 0.417. The predicted octanol–water partition coefficient (Wildman–Crippen LogP) is 3.10. The second-order valence-corrected chi connectivity index (χ2v) is 7.24. The first-order valence-electron chi connectivity index (χ1n) is 5.72. The first-order valence-corrected chi connectivity index (χ1v) is 8.41. The highest BCUT2D eigenvalue weighted by Crippen LogP contribution is 2.27. The van der Waals surface area contributed by atoms with Gasteiger partial charge in [-0.15, -0.1) is 0 Å². The first-order chi connectivity index (χ1) is 8.66. The second kappa shape index (κ2) is 6.11. The molecular formula is C12H15Cl2NO3S. The van der Waals surface area contributed by atoms with Gasteiger partial charge in [0, 0.05) is 27.3 Å². The van der Waals surface area contributed by atoms with E-state index in [1.54, 1.807) is 0 Å². The molecule has 1 amide bonds. The number of benzene rings is 1. The van der Waals surface area contributed by atoms with Gasteiger partial charge in [0.2, 0.25) is 0 Å². The van der Waals surface area contributed by atoms with Crippen LogP contribution in [-0.4, -0.2) is 20.4 Å². The summed E-state index contributed by atoms with van der Waals surface area (Å²) in [6, 6.07) is 2.66. The summed E-state index contributed by atoms with van der Waals surface area (Å²) in [5.41, 5.74) is 0.506. The molecule has 0 spiro atoms. The lowest BCUT2D eigenvalue weighted by Crippen LogP contribution is -2.32. The SMILES string of the molecule is CCC(C)NC(=O)c1cc(Cl)c(C)c(S(=O)(=O)Cl)c1. The highest BCUT2D eigenvalue weighted by atomic mass is 35.7. The largest absolute Gasteiger partial charge is 0.350 e. The van der Waals surface area contributed by atoms with Crippen LogP contribution in [0, 0.1) is 6.92 Å². The molecule has 1 aromatic carbocycles. The normalized spacial score (nSPS) is 13.1. The topological polar surface area (TPSA) is 63.2 Å². The summed E-state index contributed by atoms with van der Waals surface area (Å²) < 4.78 is 22.9. The number of hydrogen-bond acceptors (Lipinski definition) is 3. The van der Waals surface area contributed by atoms with E-state index in [1.807, 2.05) is 13.8 Å². The van der Waals surface area contributed by atoms with Gasteiger partial charge < -0.3 is 5.32 Å². The van der Waals surface area contributed by atoms with Gasteiger partial charge in [-0.1, -0.05) is 18.5 Å². The zero-order valence-corrected chi connectivity index (χ0v) is 13.2. The minimum Gasteiger partial charge on any atom is -0.350 e. The van der Waals surface area contributed by atoms with E-state index in [4.69, 9.17) is 22.3 Å². The Morgan fingerprint density at radius 2 is 2.00 bits per heavy atom. The summed E-state index contributed by atoms with van der Waals surface area (Å²) in [4.78, 5) is 11.8. The molecule has 0 saturated carbocycles. The van der Waals surface area contributed by atoms with Crippen LogP contribution in [0.5, 0.6) is 0 Å². The maximum Gasteiger partial charge on any atom is 0.261 e. The third-order valence-electron chi connectivity index (χ3n) is 2.81. The van der Waals surface area contributed by atoms with Crippen LogP contribution in [0.2, 0.25) is 5.02 Å². The lowest BCUT2D eigenvalue weighted by Gasteiger charge is -2.13. The zero-order valence-electron chi connectivity index (χ0n) is 10.8. The molecule has 0 aliphatic carbocycles. The van der Waals surface area contributed by atoms with E-state index in [9.17, 15) is 13.2 Å². The van der Waals surface area contributed by atoms with Crippen molar-refractivity contribution in [2.45, 2.75) is 38.1 Å². The van der Waals surface area contributed by atoms with E-state index in [-0.39, 0.29) is 27.4 Å². The summed E-state index contributed by atoms with van der Waals surface area (Å²) in [5.74, 6) is -0.377. The Balaban J connectivity index is 3.25. The van der Waals surface area contributed by atoms with Crippen LogP contribution in [-0.2, 0) is 9.05 Å². The minimum absolute atomic E-state index is 0.0105. The predicted molar refractivity (Wildman–Crippen MR) is 76.4 cm³/mol. The van der Waals surface area contributed by atoms with E-state index in [2.05, 4.69) is 5.32 Å². The summed E-state index contributed by atoms with van der Waals surface area (Å²) in [7, 11) is 1.39. The monoisotopic (exact) mass is 323 g/mol. The fourth-order valence-corrected chi connectivity index (χ4v) is 2.95. The lowest BCUT2D eigenvalue weighted by molar-refractivity contribution is 0.0939. The Morgan fingerprint density at radius 3 is 2.47 bits per heavy atom. The van der Waals surface area contributed by atoms with Gasteiger partial charge in [0.15, 0.2) is 0 Å². The summed E-state index contributed by atoms with van der Waals surface area (Å²) >= 11 is 5.94. The molecule has 4 nitrogen and oxygen atoms in total. The molecule has 0 saturated heterocycles. The van der Waals surface area contributed by atoms with Crippen LogP contribution in [0.15, 0.2) is 17.0 Å². The molecular weight excluding hydrogens is 309 g/mol. The number of nitrogens with one attached hydrogen (secondary N) is 1. The van der Waals surface area contributed by atoms with Gasteiger partial charge in [-0.25, -0.2) is 8.42 Å². The van der Waals surface area contributed by atoms with E-state index in [0.29, 0.717) is 5.56 Å². The Labute approximate surface area is 122 Å². The summed E-state index contributed by atoms with van der Waals surface area (Å²) in [6.07, 6.45) is 0.770. The van der Waals surface area contributed by atoms with Gasteiger partial charge in [-0.05, 0) is 38.0 Å². The van der Waals surface area contributed by atoms with Crippen LogP contribution >= 0.6 is 22.3 Å². The van der Waals surface area contributed by atoms with Gasteiger partial charge in [0.1, 0.15) is 0 Å². The van der Waals surface area contributed by atoms with Gasteiger partial charge in [-0.3, -0.25) is 4.79 Å². The smallest absolute Gasteiger partial charge is 0.261 e. The number of carbonyl (C=O) groups excluding carboxylic acids is 1. The molecule has 1 atom stereocenters. The molecule has 19 heavy (non-hydrogen) atoms. The molecule has 0 heterocycles. The van der Waals surface area contributed by atoms with Crippen molar-refractivity contribution in [2.75, 3.05) is 0 Å². The molecule has 0 radical (unpaired) electrons. The van der Waals surface area contributed by atoms with Crippen molar-refractivity contribution >= 4 is 37.2 Å². The van der Waals surface area contributed by atoms with Crippen molar-refractivity contribution < 1.29 is 13.2 Å². The van der Waals surface area contributed by atoms with E-state index < -0.39 is 9.05 Å². The van der Waals surface area contributed by atoms with E-state index in [0.717, 1.165) is 6.42 Å². The molecule has 106 valence electrons. The Bertz CT molecular complexity index is 599. The van der Waals surface area contributed by atoms with Crippen LogP contribution < -0.4 is 5.32 Å². The zero-order chi connectivity index (χ0) is 14.8. The molecule has 0 aliphatic rings. The molecule has 7 heteroatoms. The summed E-state index contributed by atoms with van der Waals surface area (Å²) in [5, 5.41) is 2.93. The van der Waals surface area contributed by atoms with Gasteiger partial charge in [-0.2, -0.15) is 0 Å². The average molecular weight is 324 g/mol. The molecule has 1 rings (SSSR count). The van der Waals surface area contributed by atoms with Crippen LogP contribution in [0.3, 0.4) is 0 Å². The highest BCUT2D eigenvalue weighted by molar-refractivity contribution is 8.13. The van der Waals surface area contributed by atoms with Crippen molar-refractivity contribution in [1.82, 2.24) is 5.32 Å². The molecule has 1 N–H and O–H groups in total. The molecule has 0 aromatic heterocycles. The fourth-order valence-electron chi connectivity index (χ4n) is 1.45. The Morgan fingerprint density at radius 1 is 1.42 bits per heavy atom. The number of amides is 1. The Kier molecular flexibility index (Phi) is 5.24. The van der Waals surface area contributed by atoms with Crippen LogP contribution in [0.25, 0.3) is 0 Å². The van der Waals surface area contributed by atoms with E-state index >= 15 is 0 Å². The third kappa shape index (κ3) is 4.09. The van der Waals surface area contributed by atoms with Crippen LogP contribution in [0.1, 0.15) is 36.2 Å². The van der Waals surface area contributed by atoms with Crippen molar-refractivity contribution in [1.29, 1.82) is 0 Å². The van der Waals surface area contributed by atoms with Crippen molar-refractivity contribution in [3.8, 4) is 0 Å². The second-order valence-electron chi connectivity index (χ2n) is 4.30. The third-order valence-corrected chi connectivity index (χ3v) is 4.65. The number of halogens is 2. The van der Waals surface area contributed by atoms with Crippen molar-refractivity contribution in [3.63, 3.8) is 0 Å². The number of rotatable bonds is 4. The lowest BCUT2D eigenvalue weighted by atomic mass is 10.1. The molecule has 0 fully saturated rings. The molecule has 1 unspecified atom stereocenters. The standard InChI is InChI=1S/C12H15Cl2NO3S/c1-4-7(2)15-12(16)9-5-10(13)8(3)11(6-9)19(14,17)18/h5-7H,4H2,1-3H3,(H,15,16). The first kappa shape index (κ1) is 16.3. The van der Waals surface area contributed by atoms with Gasteiger partial charge >= 0.3 is 0 Å². The number of carbonyl (C=O) groups is 1. The molecule has 0 bridgehead atoms. The van der Waals surface area contributed by atoms with Crippen molar-refractivity contribution in [2.24, 2.45) is 0 Å². The molecule has 0 aliphatic heterocycles. The molecule has 1 aromatic rings. The van der Waals surface area contributed by atoms with Crippen LogP contribution in [0.4, 0.5) is 0 Å². The maximum absolute atomic E-state index is 11.9. The van der Waals surface area contributed by atoms with Crippen molar-refractivity contribution in [3.05, 3.63) is 28.3 Å². The van der Waals surface area contributed by atoms with E-state index in [1.165, 1.54) is 19.1 Å². The Hall–Kier alpha value is -0.780. The van der Waals surface area contributed by atoms with Gasteiger partial charge in [0.25, 0.3) is 15.0 Å².